The Morgan fingerprint density at radius 2 is 1.96 bits per heavy atom. The van der Waals surface area contributed by atoms with Gasteiger partial charge in [0.05, 0.1) is 6.04 Å². The van der Waals surface area contributed by atoms with Crippen LogP contribution in [0.2, 0.25) is 0 Å². The second-order valence-electron chi connectivity index (χ2n) is 6.15. The summed E-state index contributed by atoms with van der Waals surface area (Å²) in [5.41, 5.74) is 1.02. The van der Waals surface area contributed by atoms with Gasteiger partial charge in [0.15, 0.2) is 0 Å². The summed E-state index contributed by atoms with van der Waals surface area (Å²) in [5.74, 6) is 0.0260. The first-order valence-electron chi connectivity index (χ1n) is 8.13. The van der Waals surface area contributed by atoms with Gasteiger partial charge in [-0.2, -0.15) is 5.06 Å². The van der Waals surface area contributed by atoms with Crippen LogP contribution in [0.3, 0.4) is 0 Å². The number of urea groups is 1. The normalized spacial score (nSPS) is 24.9. The van der Waals surface area contributed by atoms with Gasteiger partial charge in [-0.25, -0.2) is 4.79 Å². The molecule has 1 aromatic rings. The molecule has 2 fully saturated rings. The summed E-state index contributed by atoms with van der Waals surface area (Å²) < 4.78 is 0. The molecule has 0 spiro atoms. The number of hydroxylamine groups is 2. The minimum absolute atomic E-state index is 0.00933. The zero-order valence-electron chi connectivity index (χ0n) is 13.6. The number of carbonyl (C=O) groups excluding carboxylic acids is 2. The van der Waals surface area contributed by atoms with Crippen molar-refractivity contribution in [3.8, 4) is 0 Å². The van der Waals surface area contributed by atoms with Gasteiger partial charge in [0.25, 0.3) is 0 Å². The van der Waals surface area contributed by atoms with Gasteiger partial charge in [-0.15, -0.1) is 0 Å². The topological polar surface area (TPSA) is 53.1 Å². The summed E-state index contributed by atoms with van der Waals surface area (Å²) in [7, 11) is 1.78. The van der Waals surface area contributed by atoms with Crippen LogP contribution >= 0.6 is 0 Å². The number of hydrogen-bond donors (Lipinski definition) is 0. The zero-order chi connectivity index (χ0) is 16.4. The van der Waals surface area contributed by atoms with E-state index in [2.05, 4.69) is 0 Å². The third kappa shape index (κ3) is 3.03. The maximum atomic E-state index is 12.7. The molecule has 0 saturated carbocycles. The lowest BCUT2D eigenvalue weighted by Crippen LogP contribution is -2.43. The predicted octanol–water partition coefficient (Wildman–Crippen LogP) is 1.87. The smallest absolute Gasteiger partial charge is 0.344 e. The maximum absolute atomic E-state index is 12.7. The molecule has 2 heterocycles. The Hall–Kier alpha value is -2.08. The third-order valence-electron chi connectivity index (χ3n) is 4.63. The Morgan fingerprint density at radius 3 is 2.57 bits per heavy atom. The van der Waals surface area contributed by atoms with E-state index in [0.29, 0.717) is 26.1 Å². The van der Waals surface area contributed by atoms with Crippen molar-refractivity contribution < 1.29 is 14.4 Å². The fourth-order valence-electron chi connectivity index (χ4n) is 3.19. The molecule has 124 valence electrons. The molecule has 1 aromatic carbocycles. The molecule has 0 unspecified atom stereocenters. The van der Waals surface area contributed by atoms with Crippen molar-refractivity contribution in [1.29, 1.82) is 0 Å². The monoisotopic (exact) mass is 317 g/mol. The Morgan fingerprint density at radius 1 is 1.22 bits per heavy atom. The third-order valence-corrected chi connectivity index (χ3v) is 4.63. The molecule has 23 heavy (non-hydrogen) atoms. The predicted molar refractivity (Wildman–Crippen MR) is 85.3 cm³/mol. The van der Waals surface area contributed by atoms with Crippen LogP contribution in [0.1, 0.15) is 25.3 Å². The standard InChI is InChI=1S/C17H23N3O3/c1-3-14-11-19(15-9-10-18(2)16(15)21)17(22)20(14)23-12-13-7-5-4-6-8-13/h4-8,14-15H,3,9-12H2,1-2H3/t14-,15+/m1/s1. The quantitative estimate of drug-likeness (QED) is 0.833. The number of nitrogens with zero attached hydrogens (tertiary/aromatic N) is 3. The average Bonchev–Trinajstić information content (AvgIpc) is 3.06. The summed E-state index contributed by atoms with van der Waals surface area (Å²) in [6.45, 7) is 3.64. The van der Waals surface area contributed by atoms with Gasteiger partial charge in [0, 0.05) is 20.1 Å². The largest absolute Gasteiger partial charge is 0.345 e. The van der Waals surface area contributed by atoms with Gasteiger partial charge in [0.2, 0.25) is 5.91 Å². The number of likely N-dealkylation sites (tertiary alicyclic amines) is 1. The summed E-state index contributed by atoms with van der Waals surface area (Å²) in [6.07, 6.45) is 1.50. The first kappa shape index (κ1) is 15.8. The highest BCUT2D eigenvalue weighted by atomic mass is 16.7. The van der Waals surface area contributed by atoms with Crippen LogP contribution in [-0.2, 0) is 16.2 Å². The molecule has 2 aliphatic rings. The van der Waals surface area contributed by atoms with Crippen molar-refractivity contribution in [3.05, 3.63) is 35.9 Å². The number of benzene rings is 1. The van der Waals surface area contributed by atoms with Crippen LogP contribution in [0.4, 0.5) is 4.79 Å². The highest BCUT2D eigenvalue weighted by molar-refractivity contribution is 5.89. The lowest BCUT2D eigenvalue weighted by Gasteiger charge is -2.23. The fraction of sp³-hybridized carbons (Fsp3) is 0.529. The Kier molecular flexibility index (Phi) is 4.52. The van der Waals surface area contributed by atoms with Gasteiger partial charge < -0.3 is 9.80 Å². The molecular formula is C17H23N3O3. The molecule has 0 radical (unpaired) electrons. The van der Waals surface area contributed by atoms with Crippen LogP contribution in [0.25, 0.3) is 0 Å². The van der Waals surface area contributed by atoms with Crippen LogP contribution < -0.4 is 0 Å². The minimum atomic E-state index is -0.341. The van der Waals surface area contributed by atoms with E-state index >= 15 is 0 Å². The molecule has 6 nitrogen and oxygen atoms in total. The van der Waals surface area contributed by atoms with E-state index in [1.165, 1.54) is 5.06 Å². The molecule has 2 atom stereocenters. The second kappa shape index (κ2) is 6.58. The Bertz CT molecular complexity index is 578. The average molecular weight is 317 g/mol. The summed E-state index contributed by atoms with van der Waals surface area (Å²) in [6, 6.07) is 9.23. The van der Waals surface area contributed by atoms with E-state index in [0.717, 1.165) is 12.0 Å². The molecule has 6 heteroatoms. The van der Waals surface area contributed by atoms with E-state index in [1.807, 2.05) is 37.3 Å². The molecular weight excluding hydrogens is 294 g/mol. The number of rotatable bonds is 5. The number of hydrogen-bond acceptors (Lipinski definition) is 3. The summed E-state index contributed by atoms with van der Waals surface area (Å²) in [4.78, 5) is 34.0. The highest BCUT2D eigenvalue weighted by Gasteiger charge is 2.45. The van der Waals surface area contributed by atoms with Gasteiger partial charge in [0.1, 0.15) is 12.6 Å². The van der Waals surface area contributed by atoms with Crippen LogP contribution in [0.15, 0.2) is 30.3 Å². The van der Waals surface area contributed by atoms with Crippen molar-refractivity contribution in [2.75, 3.05) is 20.1 Å². The van der Waals surface area contributed by atoms with Crippen molar-refractivity contribution in [1.82, 2.24) is 14.9 Å². The van der Waals surface area contributed by atoms with Crippen LogP contribution in [-0.4, -0.2) is 59.0 Å². The van der Waals surface area contributed by atoms with Crippen molar-refractivity contribution in [2.24, 2.45) is 0 Å². The number of likely N-dealkylation sites (N-methyl/N-ethyl adjacent to an activating group) is 1. The van der Waals surface area contributed by atoms with Crippen LogP contribution in [0.5, 0.6) is 0 Å². The lowest BCUT2D eigenvalue weighted by molar-refractivity contribution is -0.141. The molecule has 0 N–H and O–H groups in total. The zero-order valence-corrected chi connectivity index (χ0v) is 13.6. The summed E-state index contributed by atoms with van der Waals surface area (Å²) >= 11 is 0. The van der Waals surface area contributed by atoms with E-state index in [4.69, 9.17) is 4.84 Å². The SMILES string of the molecule is CC[C@@H]1CN([C@H]2CCN(C)C2=O)C(=O)N1OCc1ccccc1. The van der Waals surface area contributed by atoms with Crippen molar-refractivity contribution in [2.45, 2.75) is 38.5 Å². The van der Waals surface area contributed by atoms with E-state index in [1.54, 1.807) is 16.8 Å². The van der Waals surface area contributed by atoms with Crippen molar-refractivity contribution >= 4 is 11.9 Å². The Balaban J connectivity index is 1.68. The Labute approximate surface area is 136 Å². The first-order chi connectivity index (χ1) is 11.1. The molecule has 0 aromatic heterocycles. The minimum Gasteiger partial charge on any atom is -0.344 e. The molecule has 2 saturated heterocycles. The van der Waals surface area contributed by atoms with Crippen molar-refractivity contribution in [3.63, 3.8) is 0 Å². The molecule has 0 bridgehead atoms. The molecule has 3 rings (SSSR count). The highest BCUT2D eigenvalue weighted by Crippen LogP contribution is 2.26. The maximum Gasteiger partial charge on any atom is 0.345 e. The number of carbonyl (C=O) groups is 2. The van der Waals surface area contributed by atoms with E-state index < -0.39 is 0 Å². The van der Waals surface area contributed by atoms with E-state index in [-0.39, 0.29) is 24.0 Å². The van der Waals surface area contributed by atoms with Gasteiger partial charge in [-0.05, 0) is 18.4 Å². The number of amides is 3. The molecule has 3 amide bonds. The van der Waals surface area contributed by atoms with Gasteiger partial charge in [-0.1, -0.05) is 37.3 Å². The fourth-order valence-corrected chi connectivity index (χ4v) is 3.19. The summed E-state index contributed by atoms with van der Waals surface area (Å²) in [5, 5.41) is 1.46. The lowest BCUT2D eigenvalue weighted by atomic mass is 10.2. The van der Waals surface area contributed by atoms with Gasteiger partial charge >= 0.3 is 6.03 Å². The molecule has 2 aliphatic heterocycles. The first-order valence-corrected chi connectivity index (χ1v) is 8.13. The van der Waals surface area contributed by atoms with E-state index in [9.17, 15) is 9.59 Å². The molecule has 0 aliphatic carbocycles. The van der Waals surface area contributed by atoms with Crippen LogP contribution in [0, 0.1) is 0 Å². The van der Waals surface area contributed by atoms with Gasteiger partial charge in [-0.3, -0.25) is 9.63 Å². The second-order valence-corrected chi connectivity index (χ2v) is 6.15.